The van der Waals surface area contributed by atoms with Crippen molar-refractivity contribution in [3.05, 3.63) is 54.1 Å². The summed E-state index contributed by atoms with van der Waals surface area (Å²) in [5, 5.41) is 3.86. The fourth-order valence-electron chi connectivity index (χ4n) is 3.19. The number of benzene rings is 1. The van der Waals surface area contributed by atoms with Crippen molar-refractivity contribution in [2.75, 3.05) is 0 Å². The molecule has 3 nitrogen and oxygen atoms in total. The Labute approximate surface area is 127 Å². The molecule has 0 spiro atoms. The summed E-state index contributed by atoms with van der Waals surface area (Å²) in [4.78, 5) is 4.40. The SMILES string of the molecule is CCc1nccn1CC(C)NC1(Cc2ccccc2)CC1. The smallest absolute Gasteiger partial charge is 0.108 e. The molecule has 1 unspecified atom stereocenters. The van der Waals surface area contributed by atoms with E-state index in [1.807, 2.05) is 6.20 Å². The molecule has 3 heteroatoms. The molecule has 1 heterocycles. The van der Waals surface area contributed by atoms with Crippen LogP contribution in [0.3, 0.4) is 0 Å². The van der Waals surface area contributed by atoms with E-state index >= 15 is 0 Å². The third-order valence-electron chi connectivity index (χ3n) is 4.38. The third kappa shape index (κ3) is 3.53. The molecule has 0 saturated heterocycles. The molecule has 1 atom stereocenters. The Hall–Kier alpha value is -1.61. The number of rotatable bonds is 7. The van der Waals surface area contributed by atoms with Gasteiger partial charge in [0.25, 0.3) is 0 Å². The van der Waals surface area contributed by atoms with Crippen LogP contribution in [0.25, 0.3) is 0 Å². The van der Waals surface area contributed by atoms with Crippen molar-refractivity contribution in [3.63, 3.8) is 0 Å². The highest BCUT2D eigenvalue weighted by Gasteiger charge is 2.43. The predicted octanol–water partition coefficient (Wildman–Crippen LogP) is 3.20. The minimum absolute atomic E-state index is 0.327. The van der Waals surface area contributed by atoms with Gasteiger partial charge in [-0.25, -0.2) is 4.98 Å². The van der Waals surface area contributed by atoms with Gasteiger partial charge in [-0.1, -0.05) is 37.3 Å². The number of hydrogen-bond acceptors (Lipinski definition) is 2. The van der Waals surface area contributed by atoms with Gasteiger partial charge in [0.1, 0.15) is 5.82 Å². The molecule has 1 saturated carbocycles. The first-order chi connectivity index (χ1) is 10.2. The van der Waals surface area contributed by atoms with Crippen LogP contribution in [0.1, 0.15) is 38.1 Å². The topological polar surface area (TPSA) is 29.9 Å². The molecule has 0 amide bonds. The lowest BCUT2D eigenvalue weighted by Crippen LogP contribution is -2.42. The van der Waals surface area contributed by atoms with Crippen molar-refractivity contribution >= 4 is 0 Å². The summed E-state index contributed by atoms with van der Waals surface area (Å²) in [6.07, 6.45) is 8.71. The van der Waals surface area contributed by atoms with Crippen molar-refractivity contribution in [2.45, 2.75) is 57.7 Å². The molecule has 1 aliphatic rings. The number of hydrogen-bond donors (Lipinski definition) is 1. The van der Waals surface area contributed by atoms with Gasteiger partial charge in [-0.05, 0) is 31.7 Å². The second kappa shape index (κ2) is 6.02. The van der Waals surface area contributed by atoms with Gasteiger partial charge in [0, 0.05) is 36.9 Å². The summed E-state index contributed by atoms with van der Waals surface area (Å²) in [6.45, 7) is 5.44. The second-order valence-electron chi connectivity index (χ2n) is 6.34. The van der Waals surface area contributed by atoms with Gasteiger partial charge >= 0.3 is 0 Å². The predicted molar refractivity (Wildman–Crippen MR) is 86.3 cm³/mol. The molecule has 1 N–H and O–H groups in total. The van der Waals surface area contributed by atoms with Crippen LogP contribution < -0.4 is 5.32 Å². The van der Waals surface area contributed by atoms with E-state index in [1.165, 1.54) is 24.2 Å². The summed E-state index contributed by atoms with van der Waals surface area (Å²) in [5.74, 6) is 1.18. The molecule has 0 aliphatic heterocycles. The summed E-state index contributed by atoms with van der Waals surface area (Å²) in [5.41, 5.74) is 1.76. The molecule has 1 aromatic carbocycles. The molecule has 1 fully saturated rings. The monoisotopic (exact) mass is 283 g/mol. The lowest BCUT2D eigenvalue weighted by Gasteiger charge is -2.24. The Kier molecular flexibility index (Phi) is 4.11. The van der Waals surface area contributed by atoms with E-state index in [4.69, 9.17) is 0 Å². The molecule has 1 aromatic heterocycles. The molecule has 0 bridgehead atoms. The van der Waals surface area contributed by atoms with Gasteiger partial charge in [0.2, 0.25) is 0 Å². The zero-order chi connectivity index (χ0) is 14.7. The Morgan fingerprint density at radius 2 is 2.05 bits per heavy atom. The molecule has 3 rings (SSSR count). The first-order valence-corrected chi connectivity index (χ1v) is 8.02. The second-order valence-corrected chi connectivity index (χ2v) is 6.34. The van der Waals surface area contributed by atoms with E-state index < -0.39 is 0 Å². The van der Waals surface area contributed by atoms with E-state index in [0.29, 0.717) is 11.6 Å². The summed E-state index contributed by atoms with van der Waals surface area (Å²) < 4.78 is 2.27. The summed E-state index contributed by atoms with van der Waals surface area (Å²) in [6, 6.07) is 11.3. The van der Waals surface area contributed by atoms with Crippen molar-refractivity contribution in [2.24, 2.45) is 0 Å². The highest BCUT2D eigenvalue weighted by molar-refractivity contribution is 5.21. The number of imidazole rings is 1. The van der Waals surface area contributed by atoms with E-state index in [9.17, 15) is 0 Å². The van der Waals surface area contributed by atoms with Gasteiger partial charge in [-0.15, -0.1) is 0 Å². The lowest BCUT2D eigenvalue weighted by molar-refractivity contribution is 0.387. The lowest BCUT2D eigenvalue weighted by atomic mass is 10.0. The zero-order valence-corrected chi connectivity index (χ0v) is 13.0. The molecule has 21 heavy (non-hydrogen) atoms. The van der Waals surface area contributed by atoms with Crippen LogP contribution in [0, 0.1) is 0 Å². The number of nitrogens with zero attached hydrogens (tertiary/aromatic N) is 2. The number of aromatic nitrogens is 2. The van der Waals surface area contributed by atoms with Crippen LogP contribution in [0.15, 0.2) is 42.7 Å². The van der Waals surface area contributed by atoms with Crippen LogP contribution in [0.2, 0.25) is 0 Å². The third-order valence-corrected chi connectivity index (χ3v) is 4.38. The molecule has 2 aromatic rings. The summed E-state index contributed by atoms with van der Waals surface area (Å²) >= 11 is 0. The van der Waals surface area contributed by atoms with Crippen molar-refractivity contribution in [1.29, 1.82) is 0 Å². The van der Waals surface area contributed by atoms with E-state index in [0.717, 1.165) is 19.4 Å². The van der Waals surface area contributed by atoms with Crippen LogP contribution in [0.5, 0.6) is 0 Å². The van der Waals surface area contributed by atoms with Gasteiger partial charge in [0.05, 0.1) is 0 Å². The average Bonchev–Trinajstić information content (AvgIpc) is 3.07. The van der Waals surface area contributed by atoms with Gasteiger partial charge < -0.3 is 9.88 Å². The Balaban J connectivity index is 1.58. The largest absolute Gasteiger partial charge is 0.333 e. The highest BCUT2D eigenvalue weighted by atomic mass is 15.1. The van der Waals surface area contributed by atoms with Crippen LogP contribution in [0.4, 0.5) is 0 Å². The Morgan fingerprint density at radius 1 is 1.29 bits per heavy atom. The average molecular weight is 283 g/mol. The maximum atomic E-state index is 4.40. The van der Waals surface area contributed by atoms with E-state index in [1.54, 1.807) is 0 Å². The normalized spacial score (nSPS) is 17.6. The van der Waals surface area contributed by atoms with Gasteiger partial charge in [-0.2, -0.15) is 0 Å². The van der Waals surface area contributed by atoms with E-state index in [2.05, 4.69) is 65.2 Å². The Bertz CT molecular complexity index is 569. The van der Waals surface area contributed by atoms with Crippen molar-refractivity contribution in [3.8, 4) is 0 Å². The zero-order valence-electron chi connectivity index (χ0n) is 13.0. The molecule has 0 radical (unpaired) electrons. The summed E-state index contributed by atoms with van der Waals surface area (Å²) in [7, 11) is 0. The number of nitrogens with one attached hydrogen (secondary N) is 1. The first kappa shape index (κ1) is 14.3. The van der Waals surface area contributed by atoms with Crippen LogP contribution >= 0.6 is 0 Å². The van der Waals surface area contributed by atoms with Gasteiger partial charge in [-0.3, -0.25) is 0 Å². The highest BCUT2D eigenvalue weighted by Crippen LogP contribution is 2.39. The molecular formula is C18H25N3. The number of aryl methyl sites for hydroxylation is 1. The van der Waals surface area contributed by atoms with E-state index in [-0.39, 0.29) is 0 Å². The van der Waals surface area contributed by atoms with Crippen molar-refractivity contribution in [1.82, 2.24) is 14.9 Å². The quantitative estimate of drug-likeness (QED) is 0.845. The standard InChI is InChI=1S/C18H25N3/c1-3-17-19-11-12-21(17)14-15(2)20-18(9-10-18)13-16-7-5-4-6-8-16/h4-8,11-12,15,20H,3,9-10,13-14H2,1-2H3. The fourth-order valence-corrected chi connectivity index (χ4v) is 3.19. The van der Waals surface area contributed by atoms with Crippen LogP contribution in [-0.2, 0) is 19.4 Å². The molecular weight excluding hydrogens is 258 g/mol. The maximum absolute atomic E-state index is 4.40. The van der Waals surface area contributed by atoms with Crippen molar-refractivity contribution < 1.29 is 0 Å². The molecule has 112 valence electrons. The van der Waals surface area contributed by atoms with Crippen LogP contribution in [-0.4, -0.2) is 21.1 Å². The Morgan fingerprint density at radius 3 is 2.71 bits per heavy atom. The minimum atomic E-state index is 0.327. The van der Waals surface area contributed by atoms with Gasteiger partial charge in [0.15, 0.2) is 0 Å². The molecule has 1 aliphatic carbocycles. The maximum Gasteiger partial charge on any atom is 0.108 e. The first-order valence-electron chi connectivity index (χ1n) is 8.02. The minimum Gasteiger partial charge on any atom is -0.333 e. The fraction of sp³-hybridized carbons (Fsp3) is 0.500.